The predicted molar refractivity (Wildman–Crippen MR) is 89.3 cm³/mol. The van der Waals surface area contributed by atoms with E-state index in [0.717, 1.165) is 12.0 Å². The van der Waals surface area contributed by atoms with Crippen LogP contribution in [0, 0.1) is 5.82 Å². The molecule has 5 heteroatoms. The Balaban J connectivity index is 1.71. The number of halogens is 2. The van der Waals surface area contributed by atoms with Crippen LogP contribution in [0.25, 0.3) is 10.1 Å². The molecular formula is C17H13ClFNOS. The van der Waals surface area contributed by atoms with Crippen molar-refractivity contribution in [3.63, 3.8) is 0 Å². The summed E-state index contributed by atoms with van der Waals surface area (Å²) in [5.41, 5.74) is 1.16. The van der Waals surface area contributed by atoms with Gasteiger partial charge in [-0.3, -0.25) is 4.79 Å². The normalized spacial score (nSPS) is 10.8. The number of thiophene rings is 1. The summed E-state index contributed by atoms with van der Waals surface area (Å²) >= 11 is 7.44. The SMILES string of the molecule is O=C(NCCc1ccccc1)c1sc2cc(F)ccc2c1Cl. The van der Waals surface area contributed by atoms with Gasteiger partial charge in [-0.15, -0.1) is 11.3 Å². The second kappa shape index (κ2) is 6.46. The van der Waals surface area contributed by atoms with Crippen LogP contribution in [0.15, 0.2) is 48.5 Å². The lowest BCUT2D eigenvalue weighted by Gasteiger charge is -2.04. The highest BCUT2D eigenvalue weighted by atomic mass is 35.5. The first-order valence-corrected chi connectivity index (χ1v) is 8.04. The molecule has 0 bridgehead atoms. The average molecular weight is 334 g/mol. The third-order valence-electron chi connectivity index (χ3n) is 3.34. The van der Waals surface area contributed by atoms with E-state index >= 15 is 0 Å². The van der Waals surface area contributed by atoms with Crippen LogP contribution in [-0.4, -0.2) is 12.5 Å². The smallest absolute Gasteiger partial charge is 0.262 e. The first-order valence-electron chi connectivity index (χ1n) is 6.85. The van der Waals surface area contributed by atoms with Gasteiger partial charge in [-0.25, -0.2) is 4.39 Å². The maximum atomic E-state index is 13.2. The largest absolute Gasteiger partial charge is 0.351 e. The summed E-state index contributed by atoms with van der Waals surface area (Å²) < 4.78 is 13.9. The summed E-state index contributed by atoms with van der Waals surface area (Å²) in [4.78, 5) is 12.7. The zero-order chi connectivity index (χ0) is 15.5. The molecule has 0 unspecified atom stereocenters. The molecule has 1 N–H and O–H groups in total. The van der Waals surface area contributed by atoms with Crippen LogP contribution in [0.4, 0.5) is 4.39 Å². The van der Waals surface area contributed by atoms with Crippen molar-refractivity contribution < 1.29 is 9.18 Å². The number of fused-ring (bicyclic) bond motifs is 1. The second-order valence-corrected chi connectivity index (χ2v) is 6.31. The van der Waals surface area contributed by atoms with E-state index in [0.29, 0.717) is 26.5 Å². The van der Waals surface area contributed by atoms with E-state index in [1.807, 2.05) is 30.3 Å². The number of rotatable bonds is 4. The number of hydrogen-bond acceptors (Lipinski definition) is 2. The average Bonchev–Trinajstić information content (AvgIpc) is 2.84. The van der Waals surface area contributed by atoms with Crippen molar-refractivity contribution in [3.8, 4) is 0 Å². The van der Waals surface area contributed by atoms with E-state index in [1.54, 1.807) is 6.07 Å². The summed E-state index contributed by atoms with van der Waals surface area (Å²) in [5.74, 6) is -0.552. The molecule has 0 saturated carbocycles. The Labute approximate surface area is 136 Å². The molecule has 0 aliphatic carbocycles. The lowest BCUT2D eigenvalue weighted by atomic mass is 10.1. The number of hydrogen-bond donors (Lipinski definition) is 1. The van der Waals surface area contributed by atoms with Crippen LogP contribution < -0.4 is 5.32 Å². The van der Waals surface area contributed by atoms with E-state index in [-0.39, 0.29) is 11.7 Å². The molecule has 22 heavy (non-hydrogen) atoms. The molecule has 0 saturated heterocycles. The predicted octanol–water partition coefficient (Wildman–Crippen LogP) is 4.67. The Morgan fingerprint density at radius 3 is 2.73 bits per heavy atom. The Morgan fingerprint density at radius 2 is 1.95 bits per heavy atom. The molecule has 1 amide bonds. The minimum atomic E-state index is -0.332. The van der Waals surface area contributed by atoms with Crippen molar-refractivity contribution in [3.05, 3.63) is 69.8 Å². The third kappa shape index (κ3) is 3.13. The maximum Gasteiger partial charge on any atom is 0.262 e. The molecule has 0 spiro atoms. The van der Waals surface area contributed by atoms with Gasteiger partial charge >= 0.3 is 0 Å². The molecule has 3 rings (SSSR count). The van der Waals surface area contributed by atoms with Gasteiger partial charge in [-0.05, 0) is 30.2 Å². The third-order valence-corrected chi connectivity index (χ3v) is 5.00. The van der Waals surface area contributed by atoms with Crippen molar-refractivity contribution >= 4 is 38.9 Å². The van der Waals surface area contributed by atoms with Gasteiger partial charge in [0.1, 0.15) is 10.7 Å². The van der Waals surface area contributed by atoms with Crippen LogP contribution in [-0.2, 0) is 6.42 Å². The Bertz CT molecular complexity index is 816. The minimum Gasteiger partial charge on any atom is -0.351 e. The Hall–Kier alpha value is -1.91. The molecule has 0 aliphatic heterocycles. The molecule has 1 aromatic heterocycles. The zero-order valence-corrected chi connectivity index (χ0v) is 13.2. The van der Waals surface area contributed by atoms with Gasteiger partial charge in [0.05, 0.1) is 5.02 Å². The fourth-order valence-corrected chi connectivity index (χ4v) is 3.69. The second-order valence-electron chi connectivity index (χ2n) is 4.88. The number of nitrogens with one attached hydrogen (secondary N) is 1. The highest BCUT2D eigenvalue weighted by Gasteiger charge is 2.17. The van der Waals surface area contributed by atoms with Crippen molar-refractivity contribution in [1.29, 1.82) is 0 Å². The lowest BCUT2D eigenvalue weighted by Crippen LogP contribution is -2.25. The van der Waals surface area contributed by atoms with E-state index in [9.17, 15) is 9.18 Å². The zero-order valence-electron chi connectivity index (χ0n) is 11.6. The fourth-order valence-electron chi connectivity index (χ4n) is 2.23. The van der Waals surface area contributed by atoms with Crippen LogP contribution in [0.2, 0.25) is 5.02 Å². The topological polar surface area (TPSA) is 29.1 Å². The molecule has 0 aliphatic rings. The highest BCUT2D eigenvalue weighted by molar-refractivity contribution is 7.21. The molecule has 1 heterocycles. The molecule has 0 radical (unpaired) electrons. The molecule has 2 aromatic carbocycles. The van der Waals surface area contributed by atoms with Crippen LogP contribution in [0.5, 0.6) is 0 Å². The van der Waals surface area contributed by atoms with Gasteiger partial charge < -0.3 is 5.32 Å². The molecule has 3 aromatic rings. The summed E-state index contributed by atoms with van der Waals surface area (Å²) in [6.07, 6.45) is 0.754. The molecule has 112 valence electrons. The molecule has 2 nitrogen and oxygen atoms in total. The summed E-state index contributed by atoms with van der Waals surface area (Å²) in [6, 6.07) is 14.3. The van der Waals surface area contributed by atoms with Gasteiger partial charge in [-0.2, -0.15) is 0 Å². The van der Waals surface area contributed by atoms with E-state index < -0.39 is 0 Å². The van der Waals surface area contributed by atoms with Crippen molar-refractivity contribution in [2.45, 2.75) is 6.42 Å². The van der Waals surface area contributed by atoms with E-state index in [4.69, 9.17) is 11.6 Å². The number of carbonyl (C=O) groups is 1. The van der Waals surface area contributed by atoms with Gasteiger partial charge in [0.2, 0.25) is 0 Å². The van der Waals surface area contributed by atoms with Gasteiger partial charge in [0.15, 0.2) is 0 Å². The molecular weight excluding hydrogens is 321 g/mol. The van der Waals surface area contributed by atoms with Gasteiger partial charge in [0.25, 0.3) is 5.91 Å². The molecule has 0 fully saturated rings. The summed E-state index contributed by atoms with van der Waals surface area (Å²) in [6.45, 7) is 0.530. The van der Waals surface area contributed by atoms with E-state index in [1.165, 1.54) is 23.5 Å². The maximum absolute atomic E-state index is 13.2. The Morgan fingerprint density at radius 1 is 1.18 bits per heavy atom. The molecule has 0 atom stereocenters. The van der Waals surface area contributed by atoms with Crippen LogP contribution in [0.1, 0.15) is 15.2 Å². The summed E-state index contributed by atoms with van der Waals surface area (Å²) in [5, 5.41) is 3.95. The monoisotopic (exact) mass is 333 g/mol. The first kappa shape index (κ1) is 15.0. The minimum absolute atomic E-state index is 0.220. The number of carbonyl (C=O) groups excluding carboxylic acids is 1. The quantitative estimate of drug-likeness (QED) is 0.738. The lowest BCUT2D eigenvalue weighted by molar-refractivity contribution is 0.0958. The van der Waals surface area contributed by atoms with Gasteiger partial charge in [0, 0.05) is 16.6 Å². The highest BCUT2D eigenvalue weighted by Crippen LogP contribution is 2.35. The Kier molecular flexibility index (Phi) is 4.41. The van der Waals surface area contributed by atoms with Crippen LogP contribution >= 0.6 is 22.9 Å². The standard InChI is InChI=1S/C17H13ClFNOS/c18-15-13-7-6-12(19)10-14(13)22-16(15)17(21)20-9-8-11-4-2-1-3-5-11/h1-7,10H,8-9H2,(H,20,21). The fraction of sp³-hybridized carbons (Fsp3) is 0.118. The first-order chi connectivity index (χ1) is 10.6. The van der Waals surface area contributed by atoms with Crippen LogP contribution in [0.3, 0.4) is 0 Å². The van der Waals surface area contributed by atoms with Crippen molar-refractivity contribution in [1.82, 2.24) is 5.32 Å². The summed E-state index contributed by atoms with van der Waals surface area (Å²) in [7, 11) is 0. The van der Waals surface area contributed by atoms with Crippen molar-refractivity contribution in [2.75, 3.05) is 6.54 Å². The van der Waals surface area contributed by atoms with Gasteiger partial charge in [-0.1, -0.05) is 41.9 Å². The van der Waals surface area contributed by atoms with Crippen molar-refractivity contribution in [2.24, 2.45) is 0 Å². The number of amides is 1. The van der Waals surface area contributed by atoms with E-state index in [2.05, 4.69) is 5.32 Å². The number of benzene rings is 2.